The molecular weight excluding hydrogens is 298 g/mol. The van der Waals surface area contributed by atoms with E-state index in [1.54, 1.807) is 6.20 Å². The molecule has 24 heavy (non-hydrogen) atoms. The van der Waals surface area contributed by atoms with Gasteiger partial charge in [-0.15, -0.1) is 0 Å². The van der Waals surface area contributed by atoms with Gasteiger partial charge in [-0.05, 0) is 62.6 Å². The fourth-order valence-electron chi connectivity index (χ4n) is 3.22. The molecule has 3 aromatic rings. The maximum Gasteiger partial charge on any atom is 0.272 e. The van der Waals surface area contributed by atoms with Crippen LogP contribution in [0.3, 0.4) is 0 Å². The van der Waals surface area contributed by atoms with Gasteiger partial charge in [-0.2, -0.15) is 0 Å². The summed E-state index contributed by atoms with van der Waals surface area (Å²) in [5.74, 6) is -0.0748. The zero-order valence-corrected chi connectivity index (χ0v) is 14.7. The molecule has 1 amide bonds. The van der Waals surface area contributed by atoms with Crippen molar-refractivity contribution in [3.05, 3.63) is 59.0 Å². The number of nitrogens with zero attached hydrogens (tertiary/aromatic N) is 2. The molecule has 4 nitrogen and oxygen atoms in total. The number of carbonyl (C=O) groups excluding carboxylic acids is 1. The molecule has 0 aliphatic heterocycles. The molecule has 3 rings (SSSR count). The minimum atomic E-state index is -0.0748. The number of fused-ring (bicyclic) bond motifs is 1. The Labute approximate surface area is 142 Å². The van der Waals surface area contributed by atoms with Crippen LogP contribution in [-0.2, 0) is 13.0 Å². The predicted molar refractivity (Wildman–Crippen MR) is 98.7 cm³/mol. The highest BCUT2D eigenvalue weighted by molar-refractivity contribution is 6.08. The second kappa shape index (κ2) is 6.48. The molecule has 0 bridgehead atoms. The summed E-state index contributed by atoms with van der Waals surface area (Å²) in [5, 5.41) is 4.16. The van der Waals surface area contributed by atoms with Crippen molar-refractivity contribution >= 4 is 22.5 Å². The van der Waals surface area contributed by atoms with Crippen molar-refractivity contribution in [1.29, 1.82) is 0 Å². The van der Waals surface area contributed by atoms with Crippen LogP contribution in [0.15, 0.2) is 36.5 Å². The van der Waals surface area contributed by atoms with Crippen LogP contribution in [0.1, 0.15) is 41.2 Å². The summed E-state index contributed by atoms with van der Waals surface area (Å²) in [6.45, 7) is 8.91. The summed E-state index contributed by atoms with van der Waals surface area (Å²) in [4.78, 5) is 17.1. The van der Waals surface area contributed by atoms with Crippen molar-refractivity contribution < 1.29 is 4.79 Å². The number of hydrogen-bond acceptors (Lipinski definition) is 2. The number of rotatable bonds is 4. The molecule has 1 N–H and O–H groups in total. The zero-order chi connectivity index (χ0) is 17.3. The highest BCUT2D eigenvalue weighted by Crippen LogP contribution is 2.27. The van der Waals surface area contributed by atoms with E-state index < -0.39 is 0 Å². The highest BCUT2D eigenvalue weighted by Gasteiger charge is 2.19. The van der Waals surface area contributed by atoms with E-state index in [1.165, 1.54) is 5.56 Å². The first-order chi connectivity index (χ1) is 11.5. The van der Waals surface area contributed by atoms with Crippen LogP contribution in [0.5, 0.6) is 0 Å². The molecule has 0 aliphatic rings. The Balaban J connectivity index is 2.07. The third-order valence-electron chi connectivity index (χ3n) is 4.47. The lowest BCUT2D eigenvalue weighted by atomic mass is 10.1. The van der Waals surface area contributed by atoms with Gasteiger partial charge in [0.25, 0.3) is 5.91 Å². The minimum absolute atomic E-state index is 0.0748. The number of hydrogen-bond donors (Lipinski definition) is 1. The lowest BCUT2D eigenvalue weighted by molar-refractivity contribution is 0.101. The molecule has 2 aromatic heterocycles. The lowest BCUT2D eigenvalue weighted by Gasteiger charge is -2.10. The van der Waals surface area contributed by atoms with Gasteiger partial charge in [0.15, 0.2) is 0 Å². The smallest absolute Gasteiger partial charge is 0.272 e. The maximum absolute atomic E-state index is 12.9. The monoisotopic (exact) mass is 321 g/mol. The second-order valence-corrected chi connectivity index (χ2v) is 6.06. The molecule has 0 saturated heterocycles. The topological polar surface area (TPSA) is 46.9 Å². The van der Waals surface area contributed by atoms with Crippen LogP contribution in [0.25, 0.3) is 10.9 Å². The summed E-state index contributed by atoms with van der Waals surface area (Å²) < 4.78 is 2.09. The van der Waals surface area contributed by atoms with Gasteiger partial charge in [0.2, 0.25) is 0 Å². The average molecular weight is 321 g/mol. The number of benzene rings is 1. The molecule has 0 atom stereocenters. The first-order valence-corrected chi connectivity index (χ1v) is 8.40. The molecule has 0 spiro atoms. The molecule has 124 valence electrons. The van der Waals surface area contributed by atoms with Gasteiger partial charge < -0.3 is 9.88 Å². The number of amides is 1. The Morgan fingerprint density at radius 2 is 1.96 bits per heavy atom. The van der Waals surface area contributed by atoms with Gasteiger partial charge in [0.05, 0.1) is 0 Å². The number of nitrogens with one attached hydrogen (secondary N) is 1. The Hall–Kier alpha value is -2.62. The van der Waals surface area contributed by atoms with E-state index in [1.807, 2.05) is 26.0 Å². The molecule has 1 aromatic carbocycles. The van der Waals surface area contributed by atoms with E-state index in [4.69, 9.17) is 0 Å². The minimum Gasteiger partial charge on any atom is -0.337 e. The van der Waals surface area contributed by atoms with Crippen LogP contribution in [-0.4, -0.2) is 15.5 Å². The molecule has 0 fully saturated rings. The largest absolute Gasteiger partial charge is 0.337 e. The van der Waals surface area contributed by atoms with Crippen molar-refractivity contribution in [2.75, 3.05) is 5.32 Å². The van der Waals surface area contributed by atoms with Crippen molar-refractivity contribution in [2.45, 2.75) is 40.7 Å². The highest BCUT2D eigenvalue weighted by atomic mass is 16.2. The van der Waals surface area contributed by atoms with Crippen LogP contribution in [0.4, 0.5) is 5.69 Å². The summed E-state index contributed by atoms with van der Waals surface area (Å²) >= 11 is 0. The van der Waals surface area contributed by atoms with Crippen LogP contribution >= 0.6 is 0 Å². The van der Waals surface area contributed by atoms with Gasteiger partial charge in [-0.25, -0.2) is 0 Å². The maximum atomic E-state index is 12.9. The number of anilines is 1. The number of carbonyl (C=O) groups is 1. The molecule has 4 heteroatoms. The van der Waals surface area contributed by atoms with Crippen LogP contribution in [0.2, 0.25) is 0 Å². The van der Waals surface area contributed by atoms with E-state index in [-0.39, 0.29) is 5.91 Å². The Morgan fingerprint density at radius 3 is 2.62 bits per heavy atom. The summed E-state index contributed by atoms with van der Waals surface area (Å²) in [7, 11) is 0. The quantitative estimate of drug-likeness (QED) is 0.769. The average Bonchev–Trinajstić information content (AvgIpc) is 2.86. The lowest BCUT2D eigenvalue weighted by Crippen LogP contribution is -2.18. The first kappa shape index (κ1) is 16.2. The van der Waals surface area contributed by atoms with Crippen LogP contribution < -0.4 is 5.32 Å². The summed E-state index contributed by atoms with van der Waals surface area (Å²) in [6, 6.07) is 10.2. The van der Waals surface area contributed by atoms with E-state index >= 15 is 0 Å². The van der Waals surface area contributed by atoms with Gasteiger partial charge in [-0.3, -0.25) is 9.78 Å². The van der Waals surface area contributed by atoms with E-state index in [0.29, 0.717) is 0 Å². The Kier molecular flexibility index (Phi) is 4.38. The third kappa shape index (κ3) is 2.80. The Bertz CT molecular complexity index is 909. The molecule has 0 unspecified atom stereocenters. The summed E-state index contributed by atoms with van der Waals surface area (Å²) in [5.41, 5.74) is 5.82. The van der Waals surface area contributed by atoms with Crippen LogP contribution in [0, 0.1) is 13.8 Å². The van der Waals surface area contributed by atoms with Crippen molar-refractivity contribution in [3.63, 3.8) is 0 Å². The zero-order valence-electron chi connectivity index (χ0n) is 14.7. The molecule has 0 aliphatic carbocycles. The first-order valence-electron chi connectivity index (χ1n) is 8.40. The van der Waals surface area contributed by atoms with Gasteiger partial charge >= 0.3 is 0 Å². The van der Waals surface area contributed by atoms with E-state index in [9.17, 15) is 4.79 Å². The van der Waals surface area contributed by atoms with Gasteiger partial charge in [-0.1, -0.05) is 13.0 Å². The molecule has 0 saturated carbocycles. The third-order valence-corrected chi connectivity index (χ3v) is 4.47. The second-order valence-electron chi connectivity index (χ2n) is 6.06. The fraction of sp³-hybridized carbons (Fsp3) is 0.300. The molecule has 2 heterocycles. The Morgan fingerprint density at radius 1 is 1.17 bits per heavy atom. The van der Waals surface area contributed by atoms with Crippen molar-refractivity contribution in [3.8, 4) is 0 Å². The number of aryl methyl sites for hydroxylation is 4. The van der Waals surface area contributed by atoms with Gasteiger partial charge in [0.1, 0.15) is 5.69 Å². The molecular formula is C20H23N3O. The number of aromatic nitrogens is 2. The van der Waals surface area contributed by atoms with E-state index in [0.717, 1.165) is 46.5 Å². The predicted octanol–water partition coefficient (Wildman–Crippen LogP) is 4.49. The number of pyridine rings is 1. The fourth-order valence-corrected chi connectivity index (χ4v) is 3.22. The normalized spacial score (nSPS) is 11.0. The standard InChI is InChI=1S/C20H23N3O/c1-5-15-7-8-18-17(12-15)14(4)19(23(18)6-2)20(24)22-16-9-10-21-13(3)11-16/h7-12H,5-6H2,1-4H3,(H,21,22,24). The van der Waals surface area contributed by atoms with Crippen molar-refractivity contribution in [1.82, 2.24) is 9.55 Å². The molecule has 0 radical (unpaired) electrons. The summed E-state index contributed by atoms with van der Waals surface area (Å²) in [6.07, 6.45) is 2.70. The van der Waals surface area contributed by atoms with Gasteiger partial charge in [0, 0.05) is 35.0 Å². The van der Waals surface area contributed by atoms with Crippen molar-refractivity contribution in [2.24, 2.45) is 0 Å². The SMILES string of the molecule is CCc1ccc2c(c1)c(C)c(C(=O)Nc1ccnc(C)c1)n2CC. The van der Waals surface area contributed by atoms with E-state index in [2.05, 4.69) is 46.9 Å².